The molecule has 5 heteroatoms. The van der Waals surface area contributed by atoms with Gasteiger partial charge in [0, 0.05) is 34.4 Å². The highest BCUT2D eigenvalue weighted by atomic mass is 16.5. The normalized spacial score (nSPS) is 12.0. The molecule has 0 radical (unpaired) electrons. The summed E-state index contributed by atoms with van der Waals surface area (Å²) >= 11 is 0. The van der Waals surface area contributed by atoms with Crippen LogP contribution >= 0.6 is 0 Å². The van der Waals surface area contributed by atoms with Gasteiger partial charge in [0.05, 0.1) is 13.4 Å². The Hall–Kier alpha value is -3.47. The van der Waals surface area contributed by atoms with Gasteiger partial charge in [0.1, 0.15) is 17.6 Å². The lowest BCUT2D eigenvalue weighted by Crippen LogP contribution is -2.20. The number of benzene rings is 2. The fourth-order valence-electron chi connectivity index (χ4n) is 3.03. The molecule has 0 saturated carbocycles. The molecule has 1 atom stereocenters. The molecule has 26 heavy (non-hydrogen) atoms. The molecule has 2 heterocycles. The van der Waals surface area contributed by atoms with Gasteiger partial charge in [0.15, 0.2) is 5.78 Å². The average molecular weight is 346 g/mol. The highest BCUT2D eigenvalue weighted by molar-refractivity contribution is 6.11. The third-order valence-electron chi connectivity index (χ3n) is 4.33. The molecule has 0 fully saturated rings. The number of anilines is 1. The molecule has 5 nitrogen and oxygen atoms in total. The number of ether oxygens (including phenoxy) is 1. The van der Waals surface area contributed by atoms with Crippen molar-refractivity contribution < 1.29 is 13.9 Å². The van der Waals surface area contributed by atoms with Crippen LogP contribution in [0.2, 0.25) is 0 Å². The van der Waals surface area contributed by atoms with Gasteiger partial charge in [0.2, 0.25) is 0 Å². The first-order valence-corrected chi connectivity index (χ1v) is 8.30. The number of aromatic amines is 1. The van der Waals surface area contributed by atoms with Crippen molar-refractivity contribution in [3.8, 4) is 5.75 Å². The number of para-hydroxylation sites is 1. The van der Waals surface area contributed by atoms with Gasteiger partial charge in [-0.3, -0.25) is 4.79 Å². The summed E-state index contributed by atoms with van der Waals surface area (Å²) < 4.78 is 10.8. The SMILES string of the molecule is COc1cccc(NC(C(=O)c2c[nH]c3ccccc23)c2ccco2)c1. The minimum absolute atomic E-state index is 0.0692. The maximum atomic E-state index is 13.3. The first-order chi connectivity index (χ1) is 12.8. The molecule has 130 valence electrons. The van der Waals surface area contributed by atoms with E-state index in [9.17, 15) is 4.79 Å². The summed E-state index contributed by atoms with van der Waals surface area (Å²) in [4.78, 5) is 16.5. The lowest BCUT2D eigenvalue weighted by molar-refractivity contribution is 0.0963. The average Bonchev–Trinajstić information content (AvgIpc) is 3.35. The van der Waals surface area contributed by atoms with Gasteiger partial charge in [-0.2, -0.15) is 0 Å². The van der Waals surface area contributed by atoms with Gasteiger partial charge >= 0.3 is 0 Å². The van der Waals surface area contributed by atoms with Gasteiger partial charge in [-0.25, -0.2) is 0 Å². The fourth-order valence-corrected chi connectivity index (χ4v) is 3.03. The maximum Gasteiger partial charge on any atom is 0.194 e. The predicted octanol–water partition coefficient (Wildman–Crippen LogP) is 4.81. The molecular weight excluding hydrogens is 328 g/mol. The number of Topliss-reactive ketones (excluding diaryl/α,β-unsaturated/α-hetero) is 1. The Bertz CT molecular complexity index is 1030. The van der Waals surface area contributed by atoms with Crippen LogP contribution in [0.25, 0.3) is 10.9 Å². The van der Waals surface area contributed by atoms with E-state index in [1.807, 2.05) is 48.5 Å². The number of hydrogen-bond donors (Lipinski definition) is 2. The van der Waals surface area contributed by atoms with Crippen molar-refractivity contribution in [2.75, 3.05) is 12.4 Å². The molecule has 4 aromatic rings. The number of carbonyl (C=O) groups is 1. The molecule has 0 spiro atoms. The van der Waals surface area contributed by atoms with Gasteiger partial charge in [-0.05, 0) is 30.3 Å². The number of carbonyl (C=O) groups excluding carboxylic acids is 1. The molecule has 0 aliphatic rings. The molecule has 0 saturated heterocycles. The van der Waals surface area contributed by atoms with E-state index in [1.165, 1.54) is 0 Å². The van der Waals surface area contributed by atoms with Crippen LogP contribution in [0.1, 0.15) is 22.2 Å². The van der Waals surface area contributed by atoms with E-state index < -0.39 is 6.04 Å². The van der Waals surface area contributed by atoms with Crippen LogP contribution in [-0.2, 0) is 0 Å². The highest BCUT2D eigenvalue weighted by Gasteiger charge is 2.26. The number of furan rings is 1. The smallest absolute Gasteiger partial charge is 0.194 e. The lowest BCUT2D eigenvalue weighted by atomic mass is 10.0. The lowest BCUT2D eigenvalue weighted by Gasteiger charge is -2.17. The number of nitrogens with one attached hydrogen (secondary N) is 2. The molecule has 2 aromatic heterocycles. The summed E-state index contributed by atoms with van der Waals surface area (Å²) in [6, 6.07) is 18.1. The Kier molecular flexibility index (Phi) is 4.19. The van der Waals surface area contributed by atoms with E-state index in [0.717, 1.165) is 16.6 Å². The number of rotatable bonds is 6. The first kappa shape index (κ1) is 16.0. The zero-order valence-electron chi connectivity index (χ0n) is 14.2. The van der Waals surface area contributed by atoms with Gasteiger partial charge in [0.25, 0.3) is 0 Å². The third-order valence-corrected chi connectivity index (χ3v) is 4.33. The predicted molar refractivity (Wildman–Crippen MR) is 101 cm³/mol. The standard InChI is InChI=1S/C21H18N2O3/c1-25-15-7-4-6-14(12-15)23-20(19-10-5-11-26-19)21(24)17-13-22-18-9-3-2-8-16(17)18/h2-13,20,22-23H,1H3. The topological polar surface area (TPSA) is 67.3 Å². The highest BCUT2D eigenvalue weighted by Crippen LogP contribution is 2.29. The van der Waals surface area contributed by atoms with E-state index in [-0.39, 0.29) is 5.78 Å². The first-order valence-electron chi connectivity index (χ1n) is 8.30. The molecule has 1 unspecified atom stereocenters. The molecule has 0 aliphatic heterocycles. The third kappa shape index (κ3) is 2.95. The Morgan fingerprint density at radius 2 is 2.00 bits per heavy atom. The molecule has 0 bridgehead atoms. The second-order valence-corrected chi connectivity index (χ2v) is 5.94. The number of H-pyrrole nitrogens is 1. The number of hydrogen-bond acceptors (Lipinski definition) is 4. The van der Waals surface area contributed by atoms with Crippen LogP contribution in [-0.4, -0.2) is 17.9 Å². The molecule has 2 aromatic carbocycles. The zero-order chi connectivity index (χ0) is 17.9. The fraction of sp³-hybridized carbons (Fsp3) is 0.0952. The molecule has 2 N–H and O–H groups in total. The minimum atomic E-state index is -0.642. The summed E-state index contributed by atoms with van der Waals surface area (Å²) in [5.74, 6) is 1.20. The monoisotopic (exact) mass is 346 g/mol. The van der Waals surface area contributed by atoms with Crippen LogP contribution in [0, 0.1) is 0 Å². The van der Waals surface area contributed by atoms with Gasteiger partial charge in [-0.15, -0.1) is 0 Å². The number of aromatic nitrogens is 1. The Morgan fingerprint density at radius 3 is 2.81 bits per heavy atom. The van der Waals surface area contributed by atoms with E-state index >= 15 is 0 Å². The van der Waals surface area contributed by atoms with E-state index in [1.54, 1.807) is 31.7 Å². The second kappa shape index (κ2) is 6.80. The number of ketones is 1. The summed E-state index contributed by atoms with van der Waals surface area (Å²) in [5.41, 5.74) is 2.33. The zero-order valence-corrected chi connectivity index (χ0v) is 14.2. The molecular formula is C21H18N2O3. The Labute approximate surface area is 150 Å². The van der Waals surface area contributed by atoms with Crippen molar-refractivity contribution in [3.63, 3.8) is 0 Å². The van der Waals surface area contributed by atoms with Crippen molar-refractivity contribution in [2.45, 2.75) is 6.04 Å². The molecule has 0 aliphatic carbocycles. The quantitative estimate of drug-likeness (QED) is 0.492. The van der Waals surface area contributed by atoms with Crippen LogP contribution in [0.15, 0.2) is 77.5 Å². The Morgan fingerprint density at radius 1 is 1.12 bits per heavy atom. The van der Waals surface area contributed by atoms with Crippen molar-refractivity contribution in [3.05, 3.63) is 84.4 Å². The summed E-state index contributed by atoms with van der Waals surface area (Å²) in [5, 5.41) is 4.16. The summed E-state index contributed by atoms with van der Waals surface area (Å²) in [6.45, 7) is 0. The van der Waals surface area contributed by atoms with Gasteiger partial charge < -0.3 is 19.5 Å². The molecule has 0 amide bonds. The van der Waals surface area contributed by atoms with Crippen LogP contribution in [0.4, 0.5) is 5.69 Å². The van der Waals surface area contributed by atoms with Crippen LogP contribution in [0.3, 0.4) is 0 Å². The summed E-state index contributed by atoms with van der Waals surface area (Å²) in [7, 11) is 1.61. The summed E-state index contributed by atoms with van der Waals surface area (Å²) in [6.07, 6.45) is 3.31. The van der Waals surface area contributed by atoms with Crippen molar-refractivity contribution >= 4 is 22.4 Å². The van der Waals surface area contributed by atoms with Crippen molar-refractivity contribution in [1.82, 2.24) is 4.98 Å². The largest absolute Gasteiger partial charge is 0.497 e. The minimum Gasteiger partial charge on any atom is -0.497 e. The van der Waals surface area contributed by atoms with E-state index in [0.29, 0.717) is 17.1 Å². The van der Waals surface area contributed by atoms with E-state index in [2.05, 4.69) is 10.3 Å². The van der Waals surface area contributed by atoms with E-state index in [4.69, 9.17) is 9.15 Å². The Balaban J connectivity index is 1.72. The number of fused-ring (bicyclic) bond motifs is 1. The maximum absolute atomic E-state index is 13.3. The van der Waals surface area contributed by atoms with Crippen molar-refractivity contribution in [2.24, 2.45) is 0 Å². The number of methoxy groups -OCH3 is 1. The van der Waals surface area contributed by atoms with Crippen LogP contribution in [0.5, 0.6) is 5.75 Å². The van der Waals surface area contributed by atoms with Gasteiger partial charge in [-0.1, -0.05) is 24.3 Å². The second-order valence-electron chi connectivity index (χ2n) is 5.94. The molecule has 4 rings (SSSR count). The van der Waals surface area contributed by atoms with Crippen LogP contribution < -0.4 is 10.1 Å². The van der Waals surface area contributed by atoms with Crippen molar-refractivity contribution in [1.29, 1.82) is 0 Å².